The molecule has 2 aliphatic rings. The van der Waals surface area contributed by atoms with E-state index in [1.165, 1.54) is 12.3 Å². The first-order valence-electron chi connectivity index (χ1n) is 14.1. The Morgan fingerprint density at radius 3 is 1.81 bits per heavy atom. The van der Waals surface area contributed by atoms with Crippen LogP contribution in [-0.4, -0.2) is 91.9 Å². The first-order chi connectivity index (χ1) is 20.0. The van der Waals surface area contributed by atoms with Crippen LogP contribution in [0.5, 0.6) is 5.88 Å². The molecule has 0 bridgehead atoms. The van der Waals surface area contributed by atoms with Crippen LogP contribution < -0.4 is 4.74 Å². The van der Waals surface area contributed by atoms with Gasteiger partial charge in [-0.2, -0.15) is 9.49 Å². The highest BCUT2D eigenvalue weighted by Crippen LogP contribution is 2.21. The van der Waals surface area contributed by atoms with Gasteiger partial charge in [-0.25, -0.2) is 14.6 Å². The largest absolute Gasteiger partial charge is 0.474 e. The van der Waals surface area contributed by atoms with Crippen molar-refractivity contribution < 1.29 is 33.3 Å². The number of hydrogen-bond donors (Lipinski definition) is 1. The Bertz CT molecular complexity index is 1150. The molecule has 2 saturated heterocycles. The molecule has 0 aliphatic carbocycles. The number of ether oxygens (including phenoxy) is 3. The van der Waals surface area contributed by atoms with E-state index in [0.717, 1.165) is 17.3 Å². The van der Waals surface area contributed by atoms with E-state index in [-0.39, 0.29) is 24.4 Å². The van der Waals surface area contributed by atoms with E-state index in [4.69, 9.17) is 14.2 Å². The molecule has 0 unspecified atom stereocenters. The average Bonchev–Trinajstić information content (AvgIpc) is 2.88. The lowest BCUT2D eigenvalue weighted by molar-refractivity contribution is 0.00953. The Balaban J connectivity index is 0.000000251. The zero-order valence-corrected chi connectivity index (χ0v) is 28.7. The van der Waals surface area contributed by atoms with E-state index in [2.05, 4.69) is 47.0 Å². The Labute approximate surface area is 269 Å². The molecule has 1 N–H and O–H groups in total. The van der Waals surface area contributed by atoms with Crippen LogP contribution in [0.4, 0.5) is 14.0 Å². The van der Waals surface area contributed by atoms with Crippen LogP contribution in [0, 0.1) is 5.95 Å². The predicted molar refractivity (Wildman–Crippen MR) is 166 cm³/mol. The first kappa shape index (κ1) is 36.6. The number of carbonyl (C=O) groups is 2. The smallest absolute Gasteiger partial charge is 0.410 e. The molecule has 2 aromatic heterocycles. The van der Waals surface area contributed by atoms with Gasteiger partial charge < -0.3 is 29.1 Å². The van der Waals surface area contributed by atoms with E-state index < -0.39 is 17.1 Å². The van der Waals surface area contributed by atoms with Crippen molar-refractivity contribution in [2.75, 3.05) is 26.2 Å². The van der Waals surface area contributed by atoms with Gasteiger partial charge in [0.05, 0.1) is 12.3 Å². The number of aliphatic hydroxyl groups is 1. The number of hydrogen-bond acceptors (Lipinski definition) is 9. The molecule has 0 spiro atoms. The van der Waals surface area contributed by atoms with Gasteiger partial charge >= 0.3 is 12.2 Å². The molecule has 240 valence electrons. The van der Waals surface area contributed by atoms with Crippen molar-refractivity contribution in [3.05, 3.63) is 45.5 Å². The molecular formula is C29H42Br2FN5O6. The monoisotopic (exact) mass is 733 g/mol. The van der Waals surface area contributed by atoms with Gasteiger partial charge in [-0.15, -0.1) is 5.10 Å². The maximum Gasteiger partial charge on any atom is 0.410 e. The summed E-state index contributed by atoms with van der Waals surface area (Å²) in [7, 11) is 0. The number of likely N-dealkylation sites (tertiary alicyclic amines) is 2. The fourth-order valence-electron chi connectivity index (χ4n) is 3.80. The maximum atomic E-state index is 12.0. The molecule has 14 heteroatoms. The zero-order chi connectivity index (χ0) is 32.2. The lowest BCUT2D eigenvalue weighted by atomic mass is 10.1. The molecule has 2 fully saturated rings. The molecule has 2 aromatic rings. The number of amides is 2. The summed E-state index contributed by atoms with van der Waals surface area (Å²) >= 11 is 6.41. The van der Waals surface area contributed by atoms with Gasteiger partial charge in [-0.05, 0) is 76.4 Å². The van der Waals surface area contributed by atoms with Crippen molar-refractivity contribution in [3.8, 4) is 5.88 Å². The first-order valence-corrected chi connectivity index (χ1v) is 15.6. The summed E-state index contributed by atoms with van der Waals surface area (Å²) in [5.41, 5.74) is -0.891. The zero-order valence-electron chi connectivity index (χ0n) is 25.6. The number of pyridine rings is 1. The molecule has 11 nitrogen and oxygen atoms in total. The minimum atomic E-state index is -0.570. The van der Waals surface area contributed by atoms with Crippen LogP contribution in [0.25, 0.3) is 0 Å². The number of piperidine rings is 2. The van der Waals surface area contributed by atoms with Crippen LogP contribution in [-0.2, 0) is 9.47 Å². The Morgan fingerprint density at radius 1 is 0.884 bits per heavy atom. The molecule has 43 heavy (non-hydrogen) atoms. The quantitative estimate of drug-likeness (QED) is 0.374. The van der Waals surface area contributed by atoms with Crippen molar-refractivity contribution in [1.29, 1.82) is 0 Å². The lowest BCUT2D eigenvalue weighted by Gasteiger charge is -2.33. The maximum absolute atomic E-state index is 12.0. The van der Waals surface area contributed by atoms with E-state index in [0.29, 0.717) is 49.4 Å². The molecule has 0 radical (unpaired) electrons. The molecule has 4 heterocycles. The Kier molecular flexibility index (Phi) is 14.5. The second-order valence-corrected chi connectivity index (χ2v) is 13.8. The Morgan fingerprint density at radius 2 is 1.40 bits per heavy atom. The molecular weight excluding hydrogens is 693 g/mol. The van der Waals surface area contributed by atoms with Gasteiger partial charge in [0.2, 0.25) is 11.8 Å². The minimum absolute atomic E-state index is 0.0884. The van der Waals surface area contributed by atoms with E-state index in [1.807, 2.05) is 53.7 Å². The molecule has 0 aromatic carbocycles. The van der Waals surface area contributed by atoms with Crippen molar-refractivity contribution in [3.63, 3.8) is 0 Å². The molecule has 4 rings (SSSR count). The van der Waals surface area contributed by atoms with E-state index >= 15 is 0 Å². The average molecular weight is 735 g/mol. The van der Waals surface area contributed by atoms with E-state index in [9.17, 15) is 19.1 Å². The van der Waals surface area contributed by atoms with Gasteiger partial charge in [0.1, 0.15) is 17.3 Å². The highest BCUT2D eigenvalue weighted by molar-refractivity contribution is 9.10. The fraction of sp³-hybridized carbons (Fsp3) is 0.621. The number of carbonyl (C=O) groups excluding carboxylic acids is 2. The van der Waals surface area contributed by atoms with Gasteiger partial charge in [0.25, 0.3) is 0 Å². The number of aliphatic hydroxyl groups excluding tert-OH is 1. The van der Waals surface area contributed by atoms with Crippen molar-refractivity contribution >= 4 is 44.0 Å². The summed E-state index contributed by atoms with van der Waals surface area (Å²) in [6, 6.07) is 4.95. The van der Waals surface area contributed by atoms with Gasteiger partial charge in [0.15, 0.2) is 0 Å². The van der Waals surface area contributed by atoms with Crippen LogP contribution in [0.1, 0.15) is 67.2 Å². The standard InChI is InChI=1S/C15H21BrN2O3.C10H19NO3.C4H2BrFN2/c1-15(2,3)21-14(19)18-8-5-12(6-9-18)20-13-10-11(16)4-7-17-13;1-10(2,3)14-9(13)11-6-4-8(12)5-7-11;5-3-1-4(6)8-7-2-3/h4,7,10,12H,5-6,8-9H2,1-3H3;8,12H,4-7H2,1-3H3;1-2H. The van der Waals surface area contributed by atoms with Crippen LogP contribution in [0.2, 0.25) is 0 Å². The normalized spacial score (nSPS) is 16.2. The highest BCUT2D eigenvalue weighted by Gasteiger charge is 2.28. The van der Waals surface area contributed by atoms with Gasteiger partial charge in [0, 0.05) is 66.3 Å². The van der Waals surface area contributed by atoms with Gasteiger partial charge in [-0.1, -0.05) is 15.9 Å². The number of halogens is 3. The SMILES string of the molecule is CC(C)(C)OC(=O)N1CCC(O)CC1.CC(C)(C)OC(=O)N1CCC(Oc2cc(Br)ccn2)CC1.Fc1cc(Br)cnn1. The topological polar surface area (TPSA) is 127 Å². The second kappa shape index (κ2) is 17.0. The van der Waals surface area contributed by atoms with Gasteiger partial charge in [-0.3, -0.25) is 0 Å². The fourth-order valence-corrected chi connectivity index (χ4v) is 4.39. The number of rotatable bonds is 2. The summed E-state index contributed by atoms with van der Waals surface area (Å²) in [6.07, 6.45) is 5.31. The third-order valence-corrected chi connectivity index (χ3v) is 6.71. The summed E-state index contributed by atoms with van der Waals surface area (Å²) in [4.78, 5) is 31.1. The number of nitrogens with zero attached hydrogens (tertiary/aromatic N) is 5. The Hall–Kier alpha value is -2.58. The minimum Gasteiger partial charge on any atom is -0.474 e. The summed E-state index contributed by atoms with van der Waals surface area (Å²) in [5, 5.41) is 15.7. The third kappa shape index (κ3) is 15.6. The van der Waals surface area contributed by atoms with Crippen LogP contribution >= 0.6 is 31.9 Å². The molecule has 0 saturated carbocycles. The number of aromatic nitrogens is 3. The molecule has 2 amide bonds. The highest BCUT2D eigenvalue weighted by atomic mass is 79.9. The van der Waals surface area contributed by atoms with E-state index in [1.54, 1.807) is 16.0 Å². The summed E-state index contributed by atoms with van der Waals surface area (Å²) < 4.78 is 29.9. The van der Waals surface area contributed by atoms with Crippen molar-refractivity contribution in [2.24, 2.45) is 0 Å². The van der Waals surface area contributed by atoms with Crippen LogP contribution in [0.15, 0.2) is 39.5 Å². The van der Waals surface area contributed by atoms with Crippen LogP contribution in [0.3, 0.4) is 0 Å². The third-order valence-electron chi connectivity index (χ3n) is 5.79. The molecule has 2 aliphatic heterocycles. The predicted octanol–water partition coefficient (Wildman–Crippen LogP) is 6.38. The van der Waals surface area contributed by atoms with Crippen molar-refractivity contribution in [2.45, 2.75) is 90.6 Å². The molecule has 0 atom stereocenters. The second-order valence-electron chi connectivity index (χ2n) is 12.0. The van der Waals surface area contributed by atoms with Crippen molar-refractivity contribution in [1.82, 2.24) is 25.0 Å². The summed E-state index contributed by atoms with van der Waals surface area (Å²) in [5.74, 6) is 0.0412. The summed E-state index contributed by atoms with van der Waals surface area (Å²) in [6.45, 7) is 13.7. The lowest BCUT2D eigenvalue weighted by Crippen LogP contribution is -2.44.